The molecule has 0 aliphatic rings. The summed E-state index contributed by atoms with van der Waals surface area (Å²) in [7, 11) is 0. The molecule has 0 radical (unpaired) electrons. The number of amides is 1. The summed E-state index contributed by atoms with van der Waals surface area (Å²) in [5.74, 6) is 1.43. The van der Waals surface area contributed by atoms with Gasteiger partial charge in [0, 0.05) is 38.6 Å². The fraction of sp³-hybridized carbons (Fsp3) is 0.182. The van der Waals surface area contributed by atoms with E-state index in [2.05, 4.69) is 72.4 Å². The van der Waals surface area contributed by atoms with Crippen molar-refractivity contribution in [2.45, 2.75) is 25.5 Å². The number of anilines is 1. The Balaban J connectivity index is 1.54. The first-order valence-corrected chi connectivity index (χ1v) is 12.3. The normalized spacial score (nSPS) is 10.9. The minimum absolute atomic E-state index is 0.136. The van der Waals surface area contributed by atoms with E-state index in [1.807, 2.05) is 24.3 Å². The number of aromatic nitrogens is 4. The maximum absolute atomic E-state index is 12.4. The van der Waals surface area contributed by atoms with Gasteiger partial charge in [0.15, 0.2) is 11.0 Å². The molecule has 3 heterocycles. The zero-order valence-corrected chi connectivity index (χ0v) is 20.2. The molecular formula is C22H20BrN5OS2. The molecule has 0 aliphatic heterocycles. The van der Waals surface area contributed by atoms with Gasteiger partial charge in [-0.2, -0.15) is 0 Å². The first-order valence-electron chi connectivity index (χ1n) is 9.68. The lowest BCUT2D eigenvalue weighted by Gasteiger charge is -2.09. The lowest BCUT2D eigenvalue weighted by Crippen LogP contribution is -2.15. The van der Waals surface area contributed by atoms with Crippen LogP contribution in [0.15, 0.2) is 63.7 Å². The SMILES string of the molecule is CCn1c(SCC(=O)Nc2ccc(Br)cn2)nnc1-c1csc(C)c1-c1ccccc1. The third kappa shape index (κ3) is 4.89. The predicted molar refractivity (Wildman–Crippen MR) is 130 cm³/mol. The number of hydrogen-bond acceptors (Lipinski definition) is 6. The Morgan fingerprint density at radius 1 is 1.19 bits per heavy atom. The van der Waals surface area contributed by atoms with Crippen LogP contribution in [0.1, 0.15) is 11.8 Å². The van der Waals surface area contributed by atoms with Crippen molar-refractivity contribution in [2.24, 2.45) is 0 Å². The van der Waals surface area contributed by atoms with Gasteiger partial charge in [0.25, 0.3) is 0 Å². The average Bonchev–Trinajstić information content (AvgIpc) is 3.37. The molecule has 0 unspecified atom stereocenters. The third-order valence-electron chi connectivity index (χ3n) is 4.64. The van der Waals surface area contributed by atoms with Crippen LogP contribution in [0.2, 0.25) is 0 Å². The largest absolute Gasteiger partial charge is 0.310 e. The van der Waals surface area contributed by atoms with Crippen molar-refractivity contribution in [3.8, 4) is 22.5 Å². The topological polar surface area (TPSA) is 72.7 Å². The van der Waals surface area contributed by atoms with Crippen LogP contribution in [0.3, 0.4) is 0 Å². The van der Waals surface area contributed by atoms with Gasteiger partial charge < -0.3 is 9.88 Å². The van der Waals surface area contributed by atoms with Crippen LogP contribution in [-0.2, 0) is 11.3 Å². The molecule has 0 spiro atoms. The zero-order valence-electron chi connectivity index (χ0n) is 17.0. The number of benzene rings is 1. The monoisotopic (exact) mass is 513 g/mol. The molecule has 1 aromatic carbocycles. The summed E-state index contributed by atoms with van der Waals surface area (Å²) >= 11 is 6.41. The van der Waals surface area contributed by atoms with E-state index in [9.17, 15) is 4.79 Å². The number of carbonyl (C=O) groups excluding carboxylic acids is 1. The van der Waals surface area contributed by atoms with Gasteiger partial charge in [0.2, 0.25) is 5.91 Å². The van der Waals surface area contributed by atoms with Gasteiger partial charge in [-0.25, -0.2) is 4.98 Å². The van der Waals surface area contributed by atoms with Gasteiger partial charge in [-0.05, 0) is 47.5 Å². The highest BCUT2D eigenvalue weighted by molar-refractivity contribution is 9.10. The van der Waals surface area contributed by atoms with Crippen LogP contribution >= 0.6 is 39.0 Å². The van der Waals surface area contributed by atoms with E-state index in [1.54, 1.807) is 23.6 Å². The van der Waals surface area contributed by atoms with E-state index < -0.39 is 0 Å². The van der Waals surface area contributed by atoms with Crippen LogP contribution in [0, 0.1) is 6.92 Å². The Morgan fingerprint density at radius 3 is 2.71 bits per heavy atom. The van der Waals surface area contributed by atoms with E-state index in [0.29, 0.717) is 12.4 Å². The summed E-state index contributed by atoms with van der Waals surface area (Å²) in [5, 5.41) is 14.5. The van der Waals surface area contributed by atoms with E-state index in [0.717, 1.165) is 26.6 Å². The molecule has 3 aromatic heterocycles. The molecule has 0 fully saturated rings. The number of pyridine rings is 1. The highest BCUT2D eigenvalue weighted by atomic mass is 79.9. The number of nitrogens with zero attached hydrogens (tertiary/aromatic N) is 4. The molecule has 9 heteroatoms. The Labute approximate surface area is 197 Å². The number of nitrogens with one attached hydrogen (secondary N) is 1. The Hall–Kier alpha value is -2.49. The van der Waals surface area contributed by atoms with E-state index in [1.165, 1.54) is 22.2 Å². The zero-order chi connectivity index (χ0) is 21.8. The Morgan fingerprint density at radius 2 is 2.00 bits per heavy atom. The molecular weight excluding hydrogens is 494 g/mol. The lowest BCUT2D eigenvalue weighted by molar-refractivity contribution is -0.113. The van der Waals surface area contributed by atoms with E-state index >= 15 is 0 Å². The fourth-order valence-electron chi connectivity index (χ4n) is 3.22. The Bertz CT molecular complexity index is 1190. The first kappa shape index (κ1) is 21.7. The molecule has 0 atom stereocenters. The van der Waals surface area contributed by atoms with Gasteiger partial charge in [-0.1, -0.05) is 42.1 Å². The summed E-state index contributed by atoms with van der Waals surface area (Å²) in [6.45, 7) is 4.90. The second kappa shape index (κ2) is 9.76. The molecule has 0 bridgehead atoms. The average molecular weight is 514 g/mol. The molecule has 4 rings (SSSR count). The van der Waals surface area contributed by atoms with Crippen molar-refractivity contribution in [1.29, 1.82) is 0 Å². The van der Waals surface area contributed by atoms with Gasteiger partial charge in [0.05, 0.1) is 5.75 Å². The standard InChI is InChI=1S/C22H20BrN5OS2/c1-3-28-21(17-12-30-14(2)20(17)15-7-5-4-6-8-15)26-27-22(28)31-13-19(29)25-18-10-9-16(23)11-24-18/h4-12H,3,13H2,1-2H3,(H,24,25,29). The fourth-order valence-corrected chi connectivity index (χ4v) is 5.12. The summed E-state index contributed by atoms with van der Waals surface area (Å²) in [6.07, 6.45) is 1.65. The number of carbonyl (C=O) groups is 1. The van der Waals surface area contributed by atoms with Crippen LogP contribution in [0.5, 0.6) is 0 Å². The molecule has 158 valence electrons. The van der Waals surface area contributed by atoms with Crippen molar-refractivity contribution >= 4 is 50.8 Å². The minimum Gasteiger partial charge on any atom is -0.310 e. The summed E-state index contributed by atoms with van der Waals surface area (Å²) in [6, 6.07) is 13.9. The molecule has 1 N–H and O–H groups in total. The number of hydrogen-bond donors (Lipinski definition) is 1. The molecule has 4 aromatic rings. The third-order valence-corrected chi connectivity index (χ3v) is 6.99. The second-order valence-electron chi connectivity index (χ2n) is 6.70. The number of rotatable bonds is 7. The molecule has 0 aliphatic carbocycles. The van der Waals surface area contributed by atoms with Gasteiger partial charge in [0.1, 0.15) is 5.82 Å². The second-order valence-corrected chi connectivity index (χ2v) is 9.64. The smallest absolute Gasteiger partial charge is 0.236 e. The van der Waals surface area contributed by atoms with Crippen molar-refractivity contribution in [3.63, 3.8) is 0 Å². The van der Waals surface area contributed by atoms with Crippen LogP contribution in [-0.4, -0.2) is 31.4 Å². The first-order chi connectivity index (χ1) is 15.1. The van der Waals surface area contributed by atoms with Gasteiger partial charge in [-0.3, -0.25) is 4.79 Å². The van der Waals surface area contributed by atoms with Crippen LogP contribution in [0.4, 0.5) is 5.82 Å². The lowest BCUT2D eigenvalue weighted by atomic mass is 10.0. The molecule has 31 heavy (non-hydrogen) atoms. The van der Waals surface area contributed by atoms with Crippen molar-refractivity contribution in [2.75, 3.05) is 11.1 Å². The number of thiophene rings is 1. The number of thioether (sulfide) groups is 1. The maximum Gasteiger partial charge on any atom is 0.236 e. The van der Waals surface area contributed by atoms with Crippen molar-refractivity contribution in [3.05, 3.63) is 63.4 Å². The van der Waals surface area contributed by atoms with E-state index in [4.69, 9.17) is 0 Å². The van der Waals surface area contributed by atoms with Crippen LogP contribution in [0.25, 0.3) is 22.5 Å². The molecule has 1 amide bonds. The Kier molecular flexibility index (Phi) is 6.84. The summed E-state index contributed by atoms with van der Waals surface area (Å²) in [4.78, 5) is 17.8. The van der Waals surface area contributed by atoms with E-state index in [-0.39, 0.29) is 11.7 Å². The minimum atomic E-state index is -0.136. The molecule has 6 nitrogen and oxygen atoms in total. The predicted octanol–water partition coefficient (Wildman–Crippen LogP) is 5.89. The quantitative estimate of drug-likeness (QED) is 0.312. The summed E-state index contributed by atoms with van der Waals surface area (Å²) < 4.78 is 2.92. The molecule has 0 saturated heterocycles. The van der Waals surface area contributed by atoms with Crippen molar-refractivity contribution < 1.29 is 4.79 Å². The summed E-state index contributed by atoms with van der Waals surface area (Å²) in [5.41, 5.74) is 3.42. The van der Waals surface area contributed by atoms with Crippen LogP contribution < -0.4 is 5.32 Å². The highest BCUT2D eigenvalue weighted by Crippen LogP contribution is 2.39. The highest BCUT2D eigenvalue weighted by Gasteiger charge is 2.20. The van der Waals surface area contributed by atoms with Gasteiger partial charge in [-0.15, -0.1) is 21.5 Å². The van der Waals surface area contributed by atoms with Crippen molar-refractivity contribution in [1.82, 2.24) is 19.7 Å². The molecule has 0 saturated carbocycles. The number of halogens is 1. The number of aryl methyl sites for hydroxylation is 1. The maximum atomic E-state index is 12.4. The van der Waals surface area contributed by atoms with Gasteiger partial charge >= 0.3 is 0 Å².